The van der Waals surface area contributed by atoms with Crippen LogP contribution < -0.4 is 29.0 Å². The van der Waals surface area contributed by atoms with Crippen LogP contribution in [0.15, 0.2) is 60.7 Å². The van der Waals surface area contributed by atoms with Crippen LogP contribution in [0.3, 0.4) is 0 Å². The Bertz CT molecular complexity index is 1890. The number of ether oxygens (including phenoxy) is 5. The van der Waals surface area contributed by atoms with Crippen LogP contribution in [0.4, 0.5) is 0 Å². The third-order valence-electron chi connectivity index (χ3n) is 10.4. The summed E-state index contributed by atoms with van der Waals surface area (Å²) in [6, 6.07) is 20.6. The second kappa shape index (κ2) is 14.2. The van der Waals surface area contributed by atoms with Crippen LogP contribution in [0, 0.1) is 0 Å². The van der Waals surface area contributed by atoms with Gasteiger partial charge in [0, 0.05) is 37.3 Å². The number of benzene rings is 4. The zero-order valence-electron chi connectivity index (χ0n) is 29.9. The lowest BCUT2D eigenvalue weighted by Gasteiger charge is -2.37. The number of carbonyl (C=O) groups excluding carboxylic acids is 1. The van der Waals surface area contributed by atoms with Gasteiger partial charge in [0.2, 0.25) is 5.75 Å². The maximum Gasteiger partial charge on any atom is 0.255 e. The van der Waals surface area contributed by atoms with Crippen molar-refractivity contribution >= 4 is 5.91 Å². The van der Waals surface area contributed by atoms with Crippen LogP contribution in [-0.2, 0) is 25.7 Å². The van der Waals surface area contributed by atoms with E-state index in [1.54, 1.807) is 21.3 Å². The van der Waals surface area contributed by atoms with Crippen LogP contribution in [-0.4, -0.2) is 70.8 Å². The fraction of sp³-hybridized carbons (Fsp3) is 0.390. The Labute approximate surface area is 295 Å². The largest absolute Gasteiger partial charge is 0.493 e. The molecule has 0 saturated heterocycles. The minimum atomic E-state index is -0.136. The predicted molar refractivity (Wildman–Crippen MR) is 194 cm³/mol. The Morgan fingerprint density at radius 3 is 2.18 bits per heavy atom. The molecule has 4 aromatic carbocycles. The topological polar surface area (TPSA) is 81.7 Å². The van der Waals surface area contributed by atoms with Crippen molar-refractivity contribution in [2.75, 3.05) is 55.1 Å². The molecule has 0 saturated carbocycles. The average molecular weight is 678 g/mol. The number of hydrogen-bond donors (Lipinski definition) is 1. The summed E-state index contributed by atoms with van der Waals surface area (Å²) in [7, 11) is 9.35. The highest BCUT2D eigenvalue weighted by Crippen LogP contribution is 2.51. The standard InChI is InChI=1S/C41H47N3O6/c1-7-16-42-41(45)30-13-10-26-20-32-31-24-36(35(46-4)22-27(31)14-17-43(32)2)50-40-38-28(23-37(47-5)39(40)48-6)15-18-44(3)33(38)19-25-8-11-29(12-9-25)49-34(30)21-26/h8-13,21-24,32-33H,7,14-20H2,1-6H3,(H,42,45)/t32-,33+/m1/s1. The van der Waals surface area contributed by atoms with Crippen LogP contribution in [0.2, 0.25) is 0 Å². The van der Waals surface area contributed by atoms with Gasteiger partial charge in [0.05, 0.1) is 26.9 Å². The van der Waals surface area contributed by atoms with Crippen LogP contribution in [0.1, 0.15) is 69.2 Å². The maximum absolute atomic E-state index is 13.3. The van der Waals surface area contributed by atoms with Gasteiger partial charge in [-0.05, 0) is 116 Å². The van der Waals surface area contributed by atoms with E-state index in [-0.39, 0.29) is 18.0 Å². The molecular weight excluding hydrogens is 630 g/mol. The van der Waals surface area contributed by atoms with Crippen LogP contribution in [0.25, 0.3) is 0 Å². The molecule has 0 fully saturated rings. The van der Waals surface area contributed by atoms with E-state index < -0.39 is 0 Å². The predicted octanol–water partition coefficient (Wildman–Crippen LogP) is 7.29. The van der Waals surface area contributed by atoms with E-state index in [0.717, 1.165) is 55.5 Å². The molecule has 2 atom stereocenters. The van der Waals surface area contributed by atoms with E-state index in [1.165, 1.54) is 16.7 Å². The van der Waals surface area contributed by atoms with Crippen LogP contribution >= 0.6 is 0 Å². The Balaban J connectivity index is 1.43. The highest BCUT2D eigenvalue weighted by atomic mass is 16.5. The first kappa shape index (κ1) is 33.8. The number of rotatable bonds is 6. The first-order valence-electron chi connectivity index (χ1n) is 17.6. The second-order valence-corrected chi connectivity index (χ2v) is 13.6. The van der Waals surface area contributed by atoms with Gasteiger partial charge in [-0.1, -0.05) is 25.1 Å². The molecule has 4 aliphatic heterocycles. The van der Waals surface area contributed by atoms with Gasteiger partial charge in [-0.3, -0.25) is 14.6 Å². The number of nitrogens with one attached hydrogen (secondary N) is 1. The van der Waals surface area contributed by atoms with Crippen molar-refractivity contribution in [1.29, 1.82) is 0 Å². The second-order valence-electron chi connectivity index (χ2n) is 13.6. The molecule has 4 aromatic rings. The summed E-state index contributed by atoms with van der Waals surface area (Å²) in [6.45, 7) is 4.44. The van der Waals surface area contributed by atoms with Gasteiger partial charge in [0.1, 0.15) is 11.5 Å². The van der Waals surface area contributed by atoms with Crippen molar-refractivity contribution in [3.05, 3.63) is 99.6 Å². The molecular formula is C41H47N3O6. The van der Waals surface area contributed by atoms with Crippen molar-refractivity contribution < 1.29 is 28.5 Å². The minimum absolute atomic E-state index is 0.00672. The van der Waals surface area contributed by atoms with Crippen molar-refractivity contribution in [1.82, 2.24) is 15.1 Å². The molecule has 50 heavy (non-hydrogen) atoms. The molecule has 9 heteroatoms. The van der Waals surface area contributed by atoms with E-state index in [0.29, 0.717) is 58.8 Å². The average Bonchev–Trinajstić information content (AvgIpc) is 3.13. The Kier molecular flexibility index (Phi) is 9.62. The van der Waals surface area contributed by atoms with Gasteiger partial charge in [-0.15, -0.1) is 0 Å². The molecule has 6 bridgehead atoms. The van der Waals surface area contributed by atoms with Gasteiger partial charge in [0.15, 0.2) is 23.0 Å². The molecule has 9 nitrogen and oxygen atoms in total. The van der Waals surface area contributed by atoms with Crippen molar-refractivity contribution in [3.63, 3.8) is 0 Å². The third kappa shape index (κ3) is 6.36. The molecule has 4 heterocycles. The van der Waals surface area contributed by atoms with E-state index in [1.807, 2.05) is 37.3 Å². The number of hydrogen-bond acceptors (Lipinski definition) is 8. The molecule has 0 unspecified atom stereocenters. The zero-order chi connectivity index (χ0) is 34.9. The molecule has 0 radical (unpaired) electrons. The zero-order valence-corrected chi connectivity index (χ0v) is 29.9. The lowest BCUT2D eigenvalue weighted by molar-refractivity contribution is 0.0951. The van der Waals surface area contributed by atoms with Gasteiger partial charge < -0.3 is 29.0 Å². The highest BCUT2D eigenvalue weighted by Gasteiger charge is 2.34. The maximum atomic E-state index is 13.3. The summed E-state index contributed by atoms with van der Waals surface area (Å²) in [5, 5.41) is 3.03. The summed E-state index contributed by atoms with van der Waals surface area (Å²) < 4.78 is 31.5. The summed E-state index contributed by atoms with van der Waals surface area (Å²) in [4.78, 5) is 18.0. The quantitative estimate of drug-likeness (QED) is 0.228. The molecule has 262 valence electrons. The minimum Gasteiger partial charge on any atom is -0.493 e. The van der Waals surface area contributed by atoms with E-state index in [9.17, 15) is 4.79 Å². The summed E-state index contributed by atoms with van der Waals surface area (Å²) in [6.07, 6.45) is 4.06. The first-order valence-corrected chi connectivity index (χ1v) is 17.6. The molecule has 1 amide bonds. The van der Waals surface area contributed by atoms with Gasteiger partial charge in [0.25, 0.3) is 5.91 Å². The fourth-order valence-corrected chi connectivity index (χ4v) is 7.65. The van der Waals surface area contributed by atoms with Gasteiger partial charge in [-0.25, -0.2) is 0 Å². The molecule has 0 aromatic heterocycles. The first-order chi connectivity index (χ1) is 24.3. The number of likely N-dealkylation sites (N-methyl/N-ethyl adjacent to an activating group) is 2. The van der Waals surface area contributed by atoms with Crippen molar-refractivity contribution in [3.8, 4) is 40.2 Å². The third-order valence-corrected chi connectivity index (χ3v) is 10.4. The summed E-state index contributed by atoms with van der Waals surface area (Å²) in [5.74, 6) is 4.26. The van der Waals surface area contributed by atoms with Gasteiger partial charge in [-0.2, -0.15) is 0 Å². The SMILES string of the molecule is CCCNC(=O)c1ccc2cc1Oc1ccc(cc1)C[C@H]1c3c(cc(OC)c(OC)c3Oc3cc4c(cc3OC)CCN(C)[C@@H]4C2)CCN1C. The fourth-order valence-electron chi connectivity index (χ4n) is 7.65. The van der Waals surface area contributed by atoms with Crippen molar-refractivity contribution in [2.45, 2.75) is 51.1 Å². The van der Waals surface area contributed by atoms with E-state index in [4.69, 9.17) is 23.7 Å². The number of carbonyl (C=O) groups is 1. The smallest absolute Gasteiger partial charge is 0.255 e. The van der Waals surface area contributed by atoms with E-state index in [2.05, 4.69) is 59.5 Å². The molecule has 1 N–H and O–H groups in total. The number of fused-ring (bicyclic) bond motifs is 2. The summed E-state index contributed by atoms with van der Waals surface area (Å²) in [5.41, 5.74) is 7.42. The summed E-state index contributed by atoms with van der Waals surface area (Å²) >= 11 is 0. The number of amides is 1. The van der Waals surface area contributed by atoms with Gasteiger partial charge >= 0.3 is 0 Å². The molecule has 4 aliphatic rings. The monoisotopic (exact) mass is 677 g/mol. The lowest BCUT2D eigenvalue weighted by atomic mass is 9.87. The highest BCUT2D eigenvalue weighted by molar-refractivity contribution is 5.97. The molecule has 8 rings (SSSR count). The normalized spacial score (nSPS) is 18.5. The molecule has 0 spiro atoms. The number of methoxy groups -OCH3 is 3. The Morgan fingerprint density at radius 2 is 1.46 bits per heavy atom. The Morgan fingerprint density at radius 1 is 0.780 bits per heavy atom. The Hall–Kier alpha value is -4.73. The molecule has 0 aliphatic carbocycles. The van der Waals surface area contributed by atoms with E-state index >= 15 is 0 Å². The lowest BCUT2D eigenvalue weighted by Crippen LogP contribution is -2.34. The van der Waals surface area contributed by atoms with Crippen LogP contribution in [0.5, 0.6) is 40.2 Å². The van der Waals surface area contributed by atoms with Crippen molar-refractivity contribution in [2.24, 2.45) is 0 Å². The number of nitrogens with zero attached hydrogens (tertiary/aromatic N) is 2.